The molecule has 1 rings (SSSR count). The topological polar surface area (TPSA) is 64.8 Å². The number of anilines is 1. The number of ether oxygens (including phenoxy) is 2. The van der Waals surface area contributed by atoms with Gasteiger partial charge in [0.15, 0.2) is 0 Å². The number of nitrogens with two attached hydrogens (primary N) is 1. The van der Waals surface area contributed by atoms with Crippen LogP contribution in [0.15, 0.2) is 18.2 Å². The predicted octanol–water partition coefficient (Wildman–Crippen LogP) is 1.31. The molecule has 0 atom stereocenters. The van der Waals surface area contributed by atoms with E-state index < -0.39 is 0 Å². The maximum atomic E-state index is 12.5. The molecule has 1 aromatic carbocycles. The lowest BCUT2D eigenvalue weighted by atomic mass is 10.1. The summed E-state index contributed by atoms with van der Waals surface area (Å²) in [6.45, 7) is 3.90. The second kappa shape index (κ2) is 7.76. The average Bonchev–Trinajstić information content (AvgIpc) is 2.38. The van der Waals surface area contributed by atoms with Crippen LogP contribution in [0.2, 0.25) is 0 Å². The largest absolute Gasteiger partial charge is 0.398 e. The Morgan fingerprint density at radius 2 is 1.79 bits per heavy atom. The SMILES string of the molecule is COCCN(CCOC)C(=O)c1c(C)cccc1N. The van der Waals surface area contributed by atoms with Crippen LogP contribution in [0.25, 0.3) is 0 Å². The Bertz CT molecular complexity index is 393. The van der Waals surface area contributed by atoms with Gasteiger partial charge in [-0.05, 0) is 18.6 Å². The van der Waals surface area contributed by atoms with Gasteiger partial charge in [-0.2, -0.15) is 0 Å². The van der Waals surface area contributed by atoms with Crippen molar-refractivity contribution < 1.29 is 14.3 Å². The molecule has 5 heteroatoms. The van der Waals surface area contributed by atoms with Crippen LogP contribution in [-0.4, -0.2) is 51.3 Å². The average molecular weight is 266 g/mol. The number of amides is 1. The first kappa shape index (κ1) is 15.5. The normalized spacial score (nSPS) is 10.5. The van der Waals surface area contributed by atoms with Gasteiger partial charge < -0.3 is 20.1 Å². The molecule has 0 aliphatic rings. The molecule has 0 heterocycles. The Kier molecular flexibility index (Phi) is 6.32. The molecule has 0 saturated heterocycles. The predicted molar refractivity (Wildman–Crippen MR) is 75.2 cm³/mol. The zero-order chi connectivity index (χ0) is 14.3. The van der Waals surface area contributed by atoms with E-state index in [4.69, 9.17) is 15.2 Å². The number of nitrogens with zero attached hydrogens (tertiary/aromatic N) is 1. The fourth-order valence-corrected chi connectivity index (χ4v) is 1.86. The van der Waals surface area contributed by atoms with Gasteiger partial charge in [0.05, 0.1) is 18.8 Å². The molecule has 106 valence electrons. The highest BCUT2D eigenvalue weighted by atomic mass is 16.5. The van der Waals surface area contributed by atoms with Crippen LogP contribution in [0.4, 0.5) is 5.69 Å². The first-order valence-corrected chi connectivity index (χ1v) is 6.24. The van der Waals surface area contributed by atoms with Crippen molar-refractivity contribution in [2.45, 2.75) is 6.92 Å². The highest BCUT2D eigenvalue weighted by Crippen LogP contribution is 2.18. The molecule has 1 amide bonds. The van der Waals surface area contributed by atoms with Crippen molar-refractivity contribution in [1.82, 2.24) is 4.90 Å². The molecule has 0 spiro atoms. The molecular formula is C14H22N2O3. The third kappa shape index (κ3) is 4.22. The van der Waals surface area contributed by atoms with Gasteiger partial charge in [0, 0.05) is 33.0 Å². The molecule has 0 radical (unpaired) electrons. The number of aryl methyl sites for hydroxylation is 1. The van der Waals surface area contributed by atoms with Crippen LogP contribution in [0, 0.1) is 6.92 Å². The van der Waals surface area contributed by atoms with Gasteiger partial charge in [0.25, 0.3) is 5.91 Å². The number of rotatable bonds is 7. The van der Waals surface area contributed by atoms with Crippen LogP contribution in [0.1, 0.15) is 15.9 Å². The van der Waals surface area contributed by atoms with Crippen LogP contribution < -0.4 is 5.73 Å². The second-order valence-electron chi connectivity index (χ2n) is 4.32. The lowest BCUT2D eigenvalue weighted by Gasteiger charge is -2.23. The summed E-state index contributed by atoms with van der Waals surface area (Å²) < 4.78 is 10.1. The van der Waals surface area contributed by atoms with Crippen LogP contribution >= 0.6 is 0 Å². The van der Waals surface area contributed by atoms with E-state index in [9.17, 15) is 4.79 Å². The van der Waals surface area contributed by atoms with Gasteiger partial charge in [-0.25, -0.2) is 0 Å². The minimum Gasteiger partial charge on any atom is -0.398 e. The van der Waals surface area contributed by atoms with E-state index in [1.54, 1.807) is 25.2 Å². The highest BCUT2D eigenvalue weighted by molar-refractivity contribution is 6.00. The highest BCUT2D eigenvalue weighted by Gasteiger charge is 2.19. The van der Waals surface area contributed by atoms with Crippen molar-refractivity contribution in [2.24, 2.45) is 0 Å². The van der Waals surface area contributed by atoms with E-state index in [1.165, 1.54) is 0 Å². The summed E-state index contributed by atoms with van der Waals surface area (Å²) in [7, 11) is 3.22. The monoisotopic (exact) mass is 266 g/mol. The Labute approximate surface area is 114 Å². The first-order chi connectivity index (χ1) is 9.11. The van der Waals surface area contributed by atoms with Crippen molar-refractivity contribution in [2.75, 3.05) is 46.3 Å². The van der Waals surface area contributed by atoms with Gasteiger partial charge in [0.1, 0.15) is 0 Å². The number of nitrogen functional groups attached to an aromatic ring is 1. The Balaban J connectivity index is 2.91. The molecule has 2 N–H and O–H groups in total. The van der Waals surface area contributed by atoms with E-state index in [1.807, 2.05) is 19.1 Å². The van der Waals surface area contributed by atoms with Crippen molar-refractivity contribution in [3.63, 3.8) is 0 Å². The molecular weight excluding hydrogens is 244 g/mol. The van der Waals surface area contributed by atoms with E-state index in [0.717, 1.165) is 5.56 Å². The number of carbonyl (C=O) groups excluding carboxylic acids is 1. The van der Waals surface area contributed by atoms with E-state index in [0.29, 0.717) is 37.6 Å². The molecule has 5 nitrogen and oxygen atoms in total. The quantitative estimate of drug-likeness (QED) is 0.756. The standard InChI is InChI=1S/C14H22N2O3/c1-11-5-4-6-12(15)13(11)14(17)16(7-9-18-2)8-10-19-3/h4-6H,7-10,15H2,1-3H3. The summed E-state index contributed by atoms with van der Waals surface area (Å²) in [6, 6.07) is 5.47. The Morgan fingerprint density at radius 1 is 1.21 bits per heavy atom. The summed E-state index contributed by atoms with van der Waals surface area (Å²) in [5.74, 6) is -0.0790. The van der Waals surface area contributed by atoms with Crippen molar-refractivity contribution >= 4 is 11.6 Å². The van der Waals surface area contributed by atoms with Gasteiger partial charge in [0.2, 0.25) is 0 Å². The summed E-state index contributed by atoms with van der Waals surface area (Å²) in [5.41, 5.74) is 7.86. The van der Waals surface area contributed by atoms with Crippen LogP contribution in [-0.2, 0) is 9.47 Å². The fourth-order valence-electron chi connectivity index (χ4n) is 1.86. The lowest BCUT2D eigenvalue weighted by Crippen LogP contribution is -2.37. The summed E-state index contributed by atoms with van der Waals surface area (Å²) in [5, 5.41) is 0. The molecule has 0 aromatic heterocycles. The van der Waals surface area contributed by atoms with Crippen LogP contribution in [0.3, 0.4) is 0 Å². The number of methoxy groups -OCH3 is 2. The Morgan fingerprint density at radius 3 is 2.26 bits per heavy atom. The maximum Gasteiger partial charge on any atom is 0.256 e. The number of hydrogen-bond acceptors (Lipinski definition) is 4. The van der Waals surface area contributed by atoms with Crippen molar-refractivity contribution in [3.05, 3.63) is 29.3 Å². The molecule has 0 aliphatic heterocycles. The molecule has 0 fully saturated rings. The van der Waals surface area contributed by atoms with Gasteiger partial charge >= 0.3 is 0 Å². The lowest BCUT2D eigenvalue weighted by molar-refractivity contribution is 0.0627. The summed E-state index contributed by atoms with van der Waals surface area (Å²) in [6.07, 6.45) is 0. The molecule has 0 saturated carbocycles. The van der Waals surface area contributed by atoms with Gasteiger partial charge in [-0.15, -0.1) is 0 Å². The van der Waals surface area contributed by atoms with Crippen molar-refractivity contribution in [1.29, 1.82) is 0 Å². The minimum atomic E-state index is -0.0790. The Hall–Kier alpha value is -1.59. The van der Waals surface area contributed by atoms with E-state index in [2.05, 4.69) is 0 Å². The second-order valence-corrected chi connectivity index (χ2v) is 4.32. The molecule has 0 unspecified atom stereocenters. The summed E-state index contributed by atoms with van der Waals surface area (Å²) >= 11 is 0. The number of hydrogen-bond donors (Lipinski definition) is 1. The minimum absolute atomic E-state index is 0.0790. The smallest absolute Gasteiger partial charge is 0.256 e. The zero-order valence-corrected chi connectivity index (χ0v) is 11.8. The third-order valence-corrected chi connectivity index (χ3v) is 2.94. The first-order valence-electron chi connectivity index (χ1n) is 6.24. The zero-order valence-electron chi connectivity index (χ0n) is 11.8. The van der Waals surface area contributed by atoms with E-state index in [-0.39, 0.29) is 5.91 Å². The third-order valence-electron chi connectivity index (χ3n) is 2.94. The maximum absolute atomic E-state index is 12.5. The van der Waals surface area contributed by atoms with E-state index >= 15 is 0 Å². The summed E-state index contributed by atoms with van der Waals surface area (Å²) in [4.78, 5) is 14.2. The van der Waals surface area contributed by atoms with Gasteiger partial charge in [-0.1, -0.05) is 12.1 Å². The number of carbonyl (C=O) groups is 1. The fraction of sp³-hybridized carbons (Fsp3) is 0.500. The molecule has 1 aromatic rings. The van der Waals surface area contributed by atoms with Gasteiger partial charge in [-0.3, -0.25) is 4.79 Å². The van der Waals surface area contributed by atoms with Crippen LogP contribution in [0.5, 0.6) is 0 Å². The number of benzene rings is 1. The molecule has 0 aliphatic carbocycles. The molecule has 19 heavy (non-hydrogen) atoms. The van der Waals surface area contributed by atoms with Crippen molar-refractivity contribution in [3.8, 4) is 0 Å². The molecule has 0 bridgehead atoms.